The zero-order chi connectivity index (χ0) is 14.1. The van der Waals surface area contributed by atoms with Crippen molar-refractivity contribution >= 4 is 23.7 Å². The summed E-state index contributed by atoms with van der Waals surface area (Å²) in [7, 11) is 1.96. The van der Waals surface area contributed by atoms with E-state index in [-0.39, 0.29) is 12.4 Å². The summed E-state index contributed by atoms with van der Waals surface area (Å²) in [5.41, 5.74) is 1.21. The Morgan fingerprint density at radius 3 is 2.90 bits per heavy atom. The Labute approximate surface area is 136 Å². The van der Waals surface area contributed by atoms with E-state index in [9.17, 15) is 0 Å². The second-order valence-corrected chi connectivity index (χ2v) is 6.92. The molecule has 0 aromatic carbocycles. The summed E-state index contributed by atoms with van der Waals surface area (Å²) in [6, 6.07) is 5.67. The molecule has 2 aromatic rings. The van der Waals surface area contributed by atoms with Gasteiger partial charge < -0.3 is 5.32 Å². The Balaban J connectivity index is 0.00000161. The summed E-state index contributed by atoms with van der Waals surface area (Å²) in [5.74, 6) is 0. The average Bonchev–Trinajstić information content (AvgIpc) is 3.03. The smallest absolute Gasteiger partial charge is 0.0576 e. The molecule has 116 valence electrons. The maximum atomic E-state index is 4.24. The molecule has 2 unspecified atom stereocenters. The van der Waals surface area contributed by atoms with Gasteiger partial charge in [0, 0.05) is 60.3 Å². The van der Waals surface area contributed by atoms with E-state index in [4.69, 9.17) is 0 Å². The lowest BCUT2D eigenvalue weighted by molar-refractivity contribution is 0.140. The number of aromatic nitrogens is 2. The lowest BCUT2D eigenvalue weighted by Gasteiger charge is -2.37. The lowest BCUT2D eigenvalue weighted by atomic mass is 10.1. The lowest BCUT2D eigenvalue weighted by Crippen LogP contribution is -2.53. The molecule has 1 saturated heterocycles. The maximum absolute atomic E-state index is 4.24. The summed E-state index contributed by atoms with van der Waals surface area (Å²) in [6.07, 6.45) is 4.01. The zero-order valence-corrected chi connectivity index (χ0v) is 14.4. The van der Waals surface area contributed by atoms with Crippen LogP contribution in [0.15, 0.2) is 24.5 Å². The van der Waals surface area contributed by atoms with E-state index >= 15 is 0 Å². The minimum absolute atomic E-state index is 0. The van der Waals surface area contributed by atoms with Gasteiger partial charge in [-0.1, -0.05) is 0 Å². The second kappa shape index (κ2) is 6.92. The van der Waals surface area contributed by atoms with Crippen molar-refractivity contribution in [2.24, 2.45) is 7.05 Å². The van der Waals surface area contributed by atoms with Crippen molar-refractivity contribution in [3.05, 3.63) is 29.4 Å². The molecule has 4 nitrogen and oxygen atoms in total. The number of aryl methyl sites for hydroxylation is 1. The number of nitrogens with one attached hydrogen (secondary N) is 1. The number of thiophene rings is 1. The molecule has 1 fully saturated rings. The van der Waals surface area contributed by atoms with E-state index in [0.717, 1.165) is 19.6 Å². The molecule has 1 aliphatic rings. The fourth-order valence-electron chi connectivity index (χ4n) is 2.68. The van der Waals surface area contributed by atoms with Gasteiger partial charge in [-0.2, -0.15) is 5.10 Å². The quantitative estimate of drug-likeness (QED) is 0.941. The maximum Gasteiger partial charge on any atom is 0.0576 e. The molecule has 2 aromatic heterocycles. The van der Waals surface area contributed by atoms with Gasteiger partial charge in [0.25, 0.3) is 0 Å². The molecular weight excluding hydrogens is 304 g/mol. The standard InChI is InChI=1S/C15H22N4S.ClH/c1-11-8-19(12(2)6-16-11)10-14-4-5-15(20-14)13-7-17-18(3)9-13;/h4-5,7,9,11-12,16H,6,8,10H2,1-3H3;1H. The van der Waals surface area contributed by atoms with Crippen LogP contribution >= 0.6 is 23.7 Å². The van der Waals surface area contributed by atoms with Crippen molar-refractivity contribution in [3.8, 4) is 10.4 Å². The van der Waals surface area contributed by atoms with Crippen LogP contribution in [0.25, 0.3) is 10.4 Å². The predicted molar refractivity (Wildman–Crippen MR) is 91.1 cm³/mol. The molecule has 0 aliphatic carbocycles. The third-order valence-electron chi connectivity index (χ3n) is 3.90. The second-order valence-electron chi connectivity index (χ2n) is 5.76. The number of hydrogen-bond acceptors (Lipinski definition) is 4. The third kappa shape index (κ3) is 3.86. The van der Waals surface area contributed by atoms with Crippen molar-refractivity contribution in [3.63, 3.8) is 0 Å². The van der Waals surface area contributed by atoms with Crippen molar-refractivity contribution in [1.29, 1.82) is 0 Å². The van der Waals surface area contributed by atoms with Crippen LogP contribution in [0, 0.1) is 0 Å². The largest absolute Gasteiger partial charge is 0.311 e. The van der Waals surface area contributed by atoms with Gasteiger partial charge in [-0.15, -0.1) is 23.7 Å². The first-order chi connectivity index (χ1) is 9.61. The molecule has 0 saturated carbocycles. The highest BCUT2D eigenvalue weighted by atomic mass is 35.5. The van der Waals surface area contributed by atoms with Crippen LogP contribution in [0.2, 0.25) is 0 Å². The molecule has 6 heteroatoms. The van der Waals surface area contributed by atoms with Gasteiger partial charge in [-0.3, -0.25) is 9.58 Å². The minimum Gasteiger partial charge on any atom is -0.311 e. The third-order valence-corrected chi connectivity index (χ3v) is 5.02. The first-order valence-electron chi connectivity index (χ1n) is 7.17. The van der Waals surface area contributed by atoms with Gasteiger partial charge in [0.05, 0.1) is 6.20 Å². The summed E-state index contributed by atoms with van der Waals surface area (Å²) in [6.45, 7) is 7.82. The van der Waals surface area contributed by atoms with Crippen molar-refractivity contribution in [1.82, 2.24) is 20.0 Å². The molecule has 0 spiro atoms. The molecule has 21 heavy (non-hydrogen) atoms. The van der Waals surface area contributed by atoms with E-state index in [1.807, 2.05) is 29.3 Å². The first-order valence-corrected chi connectivity index (χ1v) is 7.98. The predicted octanol–water partition coefficient (Wildman–Crippen LogP) is 2.75. The normalized spacial score (nSPS) is 23.0. The van der Waals surface area contributed by atoms with Gasteiger partial charge >= 0.3 is 0 Å². The molecule has 0 radical (unpaired) electrons. The van der Waals surface area contributed by atoms with Crippen LogP contribution in [0.5, 0.6) is 0 Å². The van der Waals surface area contributed by atoms with Gasteiger partial charge in [-0.05, 0) is 26.0 Å². The van der Waals surface area contributed by atoms with E-state index < -0.39 is 0 Å². The zero-order valence-electron chi connectivity index (χ0n) is 12.7. The van der Waals surface area contributed by atoms with E-state index in [1.54, 1.807) is 0 Å². The number of halogens is 1. The Morgan fingerprint density at radius 1 is 1.38 bits per heavy atom. The SMILES string of the molecule is CC1CN(Cc2ccc(-c3cnn(C)c3)s2)C(C)CN1.Cl. The highest BCUT2D eigenvalue weighted by Crippen LogP contribution is 2.29. The fourth-order valence-corrected chi connectivity index (χ4v) is 3.69. The average molecular weight is 327 g/mol. The van der Waals surface area contributed by atoms with Crippen LogP contribution in [-0.4, -0.2) is 39.9 Å². The Morgan fingerprint density at radius 2 is 2.19 bits per heavy atom. The Kier molecular flexibility index (Phi) is 5.43. The van der Waals surface area contributed by atoms with Crippen molar-refractivity contribution in [2.45, 2.75) is 32.5 Å². The highest BCUT2D eigenvalue weighted by molar-refractivity contribution is 7.15. The molecule has 1 N–H and O–H groups in total. The number of nitrogens with zero attached hydrogens (tertiary/aromatic N) is 3. The molecule has 0 amide bonds. The van der Waals surface area contributed by atoms with Crippen LogP contribution in [0.1, 0.15) is 18.7 Å². The van der Waals surface area contributed by atoms with Gasteiger partial charge in [0.1, 0.15) is 0 Å². The van der Waals surface area contributed by atoms with Crippen LogP contribution in [-0.2, 0) is 13.6 Å². The van der Waals surface area contributed by atoms with E-state index in [2.05, 4.69) is 47.5 Å². The Hall–Kier alpha value is -0.880. The molecule has 3 rings (SSSR count). The summed E-state index contributed by atoms with van der Waals surface area (Å²) in [5, 5.41) is 7.78. The first kappa shape index (κ1) is 16.5. The number of piperazine rings is 1. The van der Waals surface area contributed by atoms with Crippen LogP contribution < -0.4 is 5.32 Å². The molecule has 1 aliphatic heterocycles. The molecule has 2 atom stereocenters. The highest BCUT2D eigenvalue weighted by Gasteiger charge is 2.22. The van der Waals surface area contributed by atoms with E-state index in [1.165, 1.54) is 15.3 Å². The molecule has 3 heterocycles. The fraction of sp³-hybridized carbons (Fsp3) is 0.533. The van der Waals surface area contributed by atoms with Crippen molar-refractivity contribution < 1.29 is 0 Å². The van der Waals surface area contributed by atoms with Gasteiger partial charge in [-0.25, -0.2) is 0 Å². The molecular formula is C15H23ClN4S. The van der Waals surface area contributed by atoms with Crippen LogP contribution in [0.3, 0.4) is 0 Å². The van der Waals surface area contributed by atoms with Gasteiger partial charge in [0.2, 0.25) is 0 Å². The topological polar surface area (TPSA) is 33.1 Å². The number of hydrogen-bond donors (Lipinski definition) is 1. The Bertz CT molecular complexity index is 580. The van der Waals surface area contributed by atoms with Crippen LogP contribution in [0.4, 0.5) is 0 Å². The molecule has 0 bridgehead atoms. The van der Waals surface area contributed by atoms with E-state index in [0.29, 0.717) is 12.1 Å². The summed E-state index contributed by atoms with van der Waals surface area (Å²) >= 11 is 1.88. The monoisotopic (exact) mass is 326 g/mol. The number of rotatable bonds is 3. The van der Waals surface area contributed by atoms with Crippen molar-refractivity contribution in [2.75, 3.05) is 13.1 Å². The summed E-state index contributed by atoms with van der Waals surface area (Å²) in [4.78, 5) is 5.31. The van der Waals surface area contributed by atoms with Gasteiger partial charge in [0.15, 0.2) is 0 Å². The minimum atomic E-state index is 0. The summed E-state index contributed by atoms with van der Waals surface area (Å²) < 4.78 is 1.86.